The van der Waals surface area contributed by atoms with Gasteiger partial charge in [0.25, 0.3) is 0 Å². The number of anilines is 1. The second kappa shape index (κ2) is 4.00. The van der Waals surface area contributed by atoms with Gasteiger partial charge in [-0.3, -0.25) is 4.31 Å². The number of pyridine rings is 1. The van der Waals surface area contributed by atoms with Gasteiger partial charge in [0.2, 0.25) is 10.0 Å². The molecule has 0 bridgehead atoms. The second-order valence-electron chi connectivity index (χ2n) is 4.21. The summed E-state index contributed by atoms with van der Waals surface area (Å²) in [6.45, 7) is 4.33. The van der Waals surface area contributed by atoms with E-state index in [1.165, 1.54) is 4.31 Å². The largest absolute Gasteiger partial charge is 0.253 e. The van der Waals surface area contributed by atoms with Gasteiger partial charge in [0, 0.05) is 17.2 Å². The lowest BCUT2D eigenvalue weighted by molar-refractivity contribution is 0.597. The summed E-state index contributed by atoms with van der Waals surface area (Å²) in [5, 5.41) is 0. The molecule has 88 valence electrons. The molecular weight excluding hydrogens is 292 g/mol. The summed E-state index contributed by atoms with van der Waals surface area (Å²) >= 11 is 3.31. The first kappa shape index (κ1) is 11.9. The number of hydrogen-bond donors (Lipinski definition) is 0. The number of halogens is 1. The van der Waals surface area contributed by atoms with Crippen LogP contribution in [0, 0.1) is 12.8 Å². The first-order chi connectivity index (χ1) is 7.40. The molecule has 0 radical (unpaired) electrons. The zero-order valence-corrected chi connectivity index (χ0v) is 11.5. The van der Waals surface area contributed by atoms with Crippen molar-refractivity contribution in [2.75, 3.05) is 16.6 Å². The van der Waals surface area contributed by atoms with Gasteiger partial charge in [0.05, 0.1) is 5.75 Å². The molecule has 1 fully saturated rings. The zero-order valence-electron chi connectivity index (χ0n) is 9.14. The van der Waals surface area contributed by atoms with Crippen molar-refractivity contribution in [1.29, 1.82) is 0 Å². The summed E-state index contributed by atoms with van der Waals surface area (Å²) in [4.78, 5) is 4.19. The summed E-state index contributed by atoms with van der Waals surface area (Å²) in [6, 6.07) is 1.88. The third kappa shape index (κ3) is 2.08. The summed E-state index contributed by atoms with van der Waals surface area (Å²) in [6.07, 6.45) is 1.63. The molecule has 2 heterocycles. The van der Waals surface area contributed by atoms with Crippen LogP contribution in [0.5, 0.6) is 0 Å². The molecular formula is C10H13BrN2O2S. The van der Waals surface area contributed by atoms with Gasteiger partial charge in [-0.2, -0.15) is 0 Å². The molecule has 4 nitrogen and oxygen atoms in total. The quantitative estimate of drug-likeness (QED) is 0.797. The fourth-order valence-electron chi connectivity index (χ4n) is 1.91. The van der Waals surface area contributed by atoms with Crippen molar-refractivity contribution in [2.45, 2.75) is 13.8 Å². The predicted octanol–water partition coefficient (Wildman–Crippen LogP) is 1.94. The highest BCUT2D eigenvalue weighted by Crippen LogP contribution is 2.28. The van der Waals surface area contributed by atoms with Crippen LogP contribution in [-0.4, -0.2) is 25.7 Å². The monoisotopic (exact) mass is 304 g/mol. The zero-order chi connectivity index (χ0) is 11.9. The molecule has 1 aromatic heterocycles. The van der Waals surface area contributed by atoms with E-state index in [0.717, 1.165) is 10.0 Å². The topological polar surface area (TPSA) is 50.3 Å². The number of sulfonamides is 1. The van der Waals surface area contributed by atoms with E-state index in [4.69, 9.17) is 0 Å². The molecule has 0 aliphatic carbocycles. The minimum atomic E-state index is -3.17. The molecule has 1 atom stereocenters. The van der Waals surface area contributed by atoms with Gasteiger partial charge in [0.1, 0.15) is 5.82 Å². The molecule has 1 saturated heterocycles. The van der Waals surface area contributed by atoms with Crippen LogP contribution in [0.4, 0.5) is 5.82 Å². The maximum atomic E-state index is 11.9. The number of nitrogens with zero attached hydrogens (tertiary/aromatic N) is 2. The highest BCUT2D eigenvalue weighted by molar-refractivity contribution is 9.10. The van der Waals surface area contributed by atoms with E-state index in [0.29, 0.717) is 12.4 Å². The fourth-order valence-corrected chi connectivity index (χ4v) is 4.30. The Bertz CT molecular complexity index is 516. The van der Waals surface area contributed by atoms with E-state index in [1.807, 2.05) is 19.9 Å². The lowest BCUT2D eigenvalue weighted by Crippen LogP contribution is -2.27. The molecule has 0 aromatic carbocycles. The van der Waals surface area contributed by atoms with Gasteiger partial charge < -0.3 is 0 Å². The molecule has 0 spiro atoms. The van der Waals surface area contributed by atoms with Crippen molar-refractivity contribution in [1.82, 2.24) is 4.98 Å². The van der Waals surface area contributed by atoms with Gasteiger partial charge in [-0.25, -0.2) is 13.4 Å². The number of hydrogen-bond acceptors (Lipinski definition) is 3. The van der Waals surface area contributed by atoms with E-state index in [2.05, 4.69) is 20.9 Å². The van der Waals surface area contributed by atoms with Crippen LogP contribution in [0.15, 0.2) is 16.7 Å². The Kier molecular flexibility index (Phi) is 2.96. The minimum absolute atomic E-state index is 0.162. The van der Waals surface area contributed by atoms with E-state index < -0.39 is 10.0 Å². The van der Waals surface area contributed by atoms with E-state index in [1.54, 1.807) is 6.20 Å². The molecule has 1 aliphatic rings. The van der Waals surface area contributed by atoms with E-state index >= 15 is 0 Å². The van der Waals surface area contributed by atoms with Gasteiger partial charge >= 0.3 is 0 Å². The maximum absolute atomic E-state index is 11.9. The summed E-state index contributed by atoms with van der Waals surface area (Å²) in [7, 11) is -3.17. The van der Waals surface area contributed by atoms with Crippen molar-refractivity contribution in [3.05, 3.63) is 22.3 Å². The third-order valence-electron chi connectivity index (χ3n) is 2.56. The molecule has 2 rings (SSSR count). The third-order valence-corrected chi connectivity index (χ3v) is 4.98. The normalized spacial score (nSPS) is 23.7. The lowest BCUT2D eigenvalue weighted by atomic mass is 10.2. The maximum Gasteiger partial charge on any atom is 0.236 e. The van der Waals surface area contributed by atoms with Gasteiger partial charge in [-0.05, 0) is 40.4 Å². The molecule has 0 N–H and O–H groups in total. The summed E-state index contributed by atoms with van der Waals surface area (Å²) < 4.78 is 26.0. The van der Waals surface area contributed by atoms with Crippen molar-refractivity contribution in [3.8, 4) is 0 Å². The van der Waals surface area contributed by atoms with Gasteiger partial charge in [0.15, 0.2) is 0 Å². The lowest BCUT2D eigenvalue weighted by Gasteiger charge is -2.18. The Balaban J connectivity index is 2.45. The highest BCUT2D eigenvalue weighted by atomic mass is 79.9. The standard InChI is InChI=1S/C10H13BrN2O2S/c1-7-5-13(16(14,15)6-7)10-8(2)3-9(11)4-12-10/h3-4,7H,5-6H2,1-2H3. The van der Waals surface area contributed by atoms with Crippen LogP contribution in [-0.2, 0) is 10.0 Å². The Morgan fingerprint density at radius 3 is 2.75 bits per heavy atom. The van der Waals surface area contributed by atoms with Gasteiger partial charge in [-0.1, -0.05) is 6.92 Å². The first-order valence-corrected chi connectivity index (χ1v) is 7.43. The Morgan fingerprint density at radius 2 is 2.25 bits per heavy atom. The van der Waals surface area contributed by atoms with Crippen molar-refractivity contribution >= 4 is 31.8 Å². The van der Waals surface area contributed by atoms with E-state index in [-0.39, 0.29) is 11.7 Å². The molecule has 1 unspecified atom stereocenters. The molecule has 1 aliphatic heterocycles. The van der Waals surface area contributed by atoms with Crippen LogP contribution in [0.2, 0.25) is 0 Å². The highest BCUT2D eigenvalue weighted by Gasteiger charge is 2.35. The number of aromatic nitrogens is 1. The smallest absolute Gasteiger partial charge is 0.236 e. The van der Waals surface area contributed by atoms with Crippen molar-refractivity contribution < 1.29 is 8.42 Å². The number of aryl methyl sites for hydroxylation is 1. The molecule has 16 heavy (non-hydrogen) atoms. The second-order valence-corrected chi connectivity index (χ2v) is 7.06. The molecule has 0 saturated carbocycles. The molecule has 6 heteroatoms. The fraction of sp³-hybridized carbons (Fsp3) is 0.500. The molecule has 1 aromatic rings. The van der Waals surface area contributed by atoms with Crippen LogP contribution in [0.1, 0.15) is 12.5 Å². The first-order valence-electron chi connectivity index (χ1n) is 5.03. The van der Waals surface area contributed by atoms with E-state index in [9.17, 15) is 8.42 Å². The van der Waals surface area contributed by atoms with Crippen LogP contribution in [0.25, 0.3) is 0 Å². The Hall–Kier alpha value is -0.620. The predicted molar refractivity (Wildman–Crippen MR) is 67.0 cm³/mol. The Labute approximate surface area is 104 Å². The average Bonchev–Trinajstić information content (AvgIpc) is 2.39. The average molecular weight is 305 g/mol. The van der Waals surface area contributed by atoms with Crippen molar-refractivity contribution in [3.63, 3.8) is 0 Å². The van der Waals surface area contributed by atoms with Crippen LogP contribution < -0.4 is 4.31 Å². The summed E-state index contributed by atoms with van der Waals surface area (Å²) in [5.41, 5.74) is 0.868. The Morgan fingerprint density at radius 1 is 1.56 bits per heavy atom. The van der Waals surface area contributed by atoms with Crippen LogP contribution >= 0.6 is 15.9 Å². The van der Waals surface area contributed by atoms with Gasteiger partial charge in [-0.15, -0.1) is 0 Å². The SMILES string of the molecule is Cc1cc(Br)cnc1N1CC(C)CS1(=O)=O. The minimum Gasteiger partial charge on any atom is -0.253 e. The summed E-state index contributed by atoms with van der Waals surface area (Å²) in [5.74, 6) is 0.923. The van der Waals surface area contributed by atoms with Crippen LogP contribution in [0.3, 0.4) is 0 Å². The number of rotatable bonds is 1. The molecule has 0 amide bonds. The van der Waals surface area contributed by atoms with Crippen molar-refractivity contribution in [2.24, 2.45) is 5.92 Å².